The van der Waals surface area contributed by atoms with Crippen molar-refractivity contribution in [1.82, 2.24) is 10.2 Å². The van der Waals surface area contributed by atoms with Crippen LogP contribution in [0.25, 0.3) is 0 Å². The van der Waals surface area contributed by atoms with Gasteiger partial charge in [0.2, 0.25) is 11.8 Å². The lowest BCUT2D eigenvalue weighted by molar-refractivity contribution is -0.384. The topological polar surface area (TPSA) is 130 Å². The van der Waals surface area contributed by atoms with Crippen LogP contribution in [0.1, 0.15) is 37.8 Å². The number of amides is 2. The molecule has 0 aliphatic rings. The molecule has 3 aromatic rings. The van der Waals surface area contributed by atoms with E-state index in [1.165, 1.54) is 35.2 Å². The Hall–Kier alpha value is -4.25. The van der Waals surface area contributed by atoms with Crippen molar-refractivity contribution < 1.29 is 22.9 Å². The second-order valence-electron chi connectivity index (χ2n) is 9.43. The van der Waals surface area contributed by atoms with E-state index >= 15 is 0 Å². The monoisotopic (exact) mass is 566 g/mol. The molecule has 0 saturated carbocycles. The zero-order valence-electron chi connectivity index (χ0n) is 22.8. The van der Waals surface area contributed by atoms with Gasteiger partial charge in [-0.2, -0.15) is 0 Å². The Labute approximate surface area is 234 Å². The summed E-state index contributed by atoms with van der Waals surface area (Å²) in [7, 11) is -4.31. The van der Waals surface area contributed by atoms with Gasteiger partial charge in [0.25, 0.3) is 15.7 Å². The minimum Gasteiger partial charge on any atom is -0.354 e. The van der Waals surface area contributed by atoms with Crippen LogP contribution >= 0.6 is 0 Å². The molecule has 10 nitrogen and oxygen atoms in total. The van der Waals surface area contributed by atoms with E-state index in [4.69, 9.17) is 0 Å². The van der Waals surface area contributed by atoms with Gasteiger partial charge in [0, 0.05) is 25.2 Å². The number of hydrogen-bond donors (Lipinski definition) is 1. The molecule has 2 amide bonds. The van der Waals surface area contributed by atoms with Gasteiger partial charge in [0.05, 0.1) is 15.5 Å². The molecule has 3 aromatic carbocycles. The summed E-state index contributed by atoms with van der Waals surface area (Å²) in [5, 5.41) is 14.3. The molecule has 0 aromatic heterocycles. The van der Waals surface area contributed by atoms with Crippen molar-refractivity contribution in [2.75, 3.05) is 17.4 Å². The van der Waals surface area contributed by atoms with E-state index in [0.29, 0.717) is 6.54 Å². The number of nitro benzene ring substituents is 1. The number of carbonyl (C=O) groups is 2. The van der Waals surface area contributed by atoms with Crippen molar-refractivity contribution in [3.05, 3.63) is 100 Å². The van der Waals surface area contributed by atoms with E-state index in [-0.39, 0.29) is 28.7 Å². The number of hydrogen-bond acceptors (Lipinski definition) is 6. The summed E-state index contributed by atoms with van der Waals surface area (Å²) >= 11 is 0. The summed E-state index contributed by atoms with van der Waals surface area (Å²) in [5.74, 6) is -0.993. The van der Waals surface area contributed by atoms with E-state index in [1.54, 1.807) is 25.1 Å². The second-order valence-corrected chi connectivity index (χ2v) is 11.3. The largest absolute Gasteiger partial charge is 0.354 e. The van der Waals surface area contributed by atoms with Crippen molar-refractivity contribution in [2.24, 2.45) is 0 Å². The van der Waals surface area contributed by atoms with E-state index in [9.17, 15) is 28.1 Å². The first-order valence-electron chi connectivity index (χ1n) is 13.0. The van der Waals surface area contributed by atoms with Gasteiger partial charge in [0.1, 0.15) is 12.6 Å². The molecule has 0 unspecified atom stereocenters. The Bertz CT molecular complexity index is 1450. The number of sulfonamides is 1. The van der Waals surface area contributed by atoms with Crippen LogP contribution < -0.4 is 9.62 Å². The predicted molar refractivity (Wildman–Crippen MR) is 153 cm³/mol. The molecular weight excluding hydrogens is 532 g/mol. The number of benzene rings is 3. The van der Waals surface area contributed by atoms with Crippen LogP contribution in [0.3, 0.4) is 0 Å². The van der Waals surface area contributed by atoms with Crippen LogP contribution in [0.15, 0.2) is 83.8 Å². The molecule has 212 valence electrons. The summed E-state index contributed by atoms with van der Waals surface area (Å²) in [6.45, 7) is 5.35. The van der Waals surface area contributed by atoms with E-state index in [1.807, 2.05) is 38.1 Å². The minimum atomic E-state index is -4.31. The highest BCUT2D eigenvalue weighted by Crippen LogP contribution is 2.27. The van der Waals surface area contributed by atoms with Gasteiger partial charge in [-0.05, 0) is 44.0 Å². The van der Waals surface area contributed by atoms with Crippen LogP contribution in [0, 0.1) is 17.0 Å². The molecule has 0 aliphatic heterocycles. The fourth-order valence-electron chi connectivity index (χ4n) is 4.14. The van der Waals surface area contributed by atoms with Gasteiger partial charge in [0.15, 0.2) is 0 Å². The quantitative estimate of drug-likeness (QED) is 0.185. The summed E-state index contributed by atoms with van der Waals surface area (Å²) in [5.41, 5.74) is 1.38. The summed E-state index contributed by atoms with van der Waals surface area (Å²) < 4.78 is 28.4. The number of anilines is 1. The third-order valence-electron chi connectivity index (χ3n) is 6.37. The molecule has 1 N–H and O–H groups in total. The molecule has 40 heavy (non-hydrogen) atoms. The number of non-ortho nitro benzene ring substituents is 1. The van der Waals surface area contributed by atoms with Crippen molar-refractivity contribution >= 4 is 33.2 Å². The first-order chi connectivity index (χ1) is 19.0. The smallest absolute Gasteiger partial charge is 0.271 e. The van der Waals surface area contributed by atoms with Gasteiger partial charge >= 0.3 is 0 Å². The number of nitrogens with zero attached hydrogens (tertiary/aromatic N) is 3. The fourth-order valence-corrected chi connectivity index (χ4v) is 5.56. The molecule has 1 atom stereocenters. The average molecular weight is 567 g/mol. The number of carbonyl (C=O) groups excluding carboxylic acids is 2. The van der Waals surface area contributed by atoms with Crippen molar-refractivity contribution in [3.63, 3.8) is 0 Å². The molecule has 3 rings (SSSR count). The van der Waals surface area contributed by atoms with Crippen molar-refractivity contribution in [3.8, 4) is 0 Å². The minimum absolute atomic E-state index is 0.0399. The number of rotatable bonds is 13. The molecule has 11 heteroatoms. The zero-order valence-corrected chi connectivity index (χ0v) is 23.6. The fraction of sp³-hybridized carbons (Fsp3) is 0.310. The number of nitrogens with one attached hydrogen (secondary N) is 1. The van der Waals surface area contributed by atoms with E-state index < -0.39 is 33.4 Å². The lowest BCUT2D eigenvalue weighted by Crippen LogP contribution is -2.51. The molecule has 0 saturated heterocycles. The third kappa shape index (κ3) is 7.66. The van der Waals surface area contributed by atoms with Crippen LogP contribution in [0.4, 0.5) is 11.4 Å². The van der Waals surface area contributed by atoms with Gasteiger partial charge in [-0.3, -0.25) is 24.0 Å². The normalized spacial score (nSPS) is 11.9. The molecule has 0 radical (unpaired) electrons. The van der Waals surface area contributed by atoms with Gasteiger partial charge < -0.3 is 10.2 Å². The first kappa shape index (κ1) is 30.3. The van der Waals surface area contributed by atoms with Gasteiger partial charge in [-0.25, -0.2) is 8.42 Å². The number of aryl methyl sites for hydroxylation is 1. The Morgan fingerprint density at radius 3 is 2.35 bits per heavy atom. The summed E-state index contributed by atoms with van der Waals surface area (Å²) in [6, 6.07) is 19.2. The van der Waals surface area contributed by atoms with Gasteiger partial charge in [-0.1, -0.05) is 67.4 Å². The lowest BCUT2D eigenvalue weighted by Gasteiger charge is -2.32. The Morgan fingerprint density at radius 2 is 1.70 bits per heavy atom. The maximum Gasteiger partial charge on any atom is 0.271 e. The van der Waals surface area contributed by atoms with Crippen molar-refractivity contribution in [2.45, 2.75) is 51.1 Å². The predicted octanol–water partition coefficient (Wildman–Crippen LogP) is 4.43. The molecule has 0 bridgehead atoms. The summed E-state index contributed by atoms with van der Waals surface area (Å²) in [4.78, 5) is 39.0. The van der Waals surface area contributed by atoms with Crippen LogP contribution in [0.2, 0.25) is 0 Å². The highest BCUT2D eigenvalue weighted by molar-refractivity contribution is 7.92. The first-order valence-corrected chi connectivity index (χ1v) is 14.4. The zero-order chi connectivity index (χ0) is 29.3. The maximum atomic E-state index is 13.9. The van der Waals surface area contributed by atoms with Gasteiger partial charge in [-0.15, -0.1) is 0 Å². The second kappa shape index (κ2) is 13.7. The number of nitro groups is 1. The third-order valence-corrected chi connectivity index (χ3v) is 8.16. The van der Waals surface area contributed by atoms with E-state index in [2.05, 4.69) is 5.32 Å². The number of unbranched alkanes of at least 4 members (excludes halogenated alkanes) is 1. The van der Waals surface area contributed by atoms with Crippen molar-refractivity contribution in [1.29, 1.82) is 0 Å². The van der Waals surface area contributed by atoms with Crippen LogP contribution in [0.5, 0.6) is 0 Å². The van der Waals surface area contributed by atoms with E-state index in [0.717, 1.165) is 34.3 Å². The Morgan fingerprint density at radius 1 is 1.00 bits per heavy atom. The molecule has 0 fully saturated rings. The van der Waals surface area contributed by atoms with Crippen LogP contribution in [-0.2, 0) is 26.2 Å². The lowest BCUT2D eigenvalue weighted by atomic mass is 10.1. The molecule has 0 heterocycles. The maximum absolute atomic E-state index is 13.9. The highest BCUT2D eigenvalue weighted by Gasteiger charge is 2.33. The average Bonchev–Trinajstić information content (AvgIpc) is 2.94. The Balaban J connectivity index is 2.03. The molecular formula is C29H34N4O6S. The molecule has 0 aliphatic carbocycles. The Kier molecular flexibility index (Phi) is 10.4. The SMILES string of the molecule is CCCCNC(=O)[C@@H](C)N(Cc1cccc(C)c1)C(=O)CN(c1cccc([N+](=O)[O-])c1)S(=O)(=O)c1ccccc1. The van der Waals surface area contributed by atoms with Crippen LogP contribution in [-0.4, -0.2) is 49.2 Å². The highest BCUT2D eigenvalue weighted by atomic mass is 32.2. The molecule has 0 spiro atoms. The summed E-state index contributed by atoms with van der Waals surface area (Å²) in [6.07, 6.45) is 1.66. The standard InChI is InChI=1S/C29H34N4O6S/c1-4-5-17-30-29(35)23(3)31(20-24-12-9-11-22(2)18-24)28(34)21-32(25-13-10-14-26(19-25)33(36)37)40(38,39)27-15-7-6-8-16-27/h6-16,18-19,23H,4-5,17,20-21H2,1-3H3,(H,30,35)/t23-/m1/s1.